The van der Waals surface area contributed by atoms with Crippen molar-refractivity contribution in [2.24, 2.45) is 0 Å². The number of carbonyl (C=O) groups is 1. The molecule has 0 heterocycles. The first kappa shape index (κ1) is 13.5. The smallest absolute Gasteiger partial charge is 0.306 e. The minimum absolute atomic E-state index is 0.0695. The number of nitriles is 1. The van der Waals surface area contributed by atoms with E-state index in [0.29, 0.717) is 0 Å². The standard InChI is InChI=1S/C11H9F2NO2S/c1-16-10(15)2-3-17-11-8(12)4-7(6-14)5-9(11)13/h4-5H,2-3H2,1H3. The zero-order chi connectivity index (χ0) is 12.8. The van der Waals surface area contributed by atoms with Crippen molar-refractivity contribution in [3.05, 3.63) is 29.3 Å². The van der Waals surface area contributed by atoms with E-state index >= 15 is 0 Å². The number of hydrogen-bond acceptors (Lipinski definition) is 4. The van der Waals surface area contributed by atoms with Gasteiger partial charge in [-0.3, -0.25) is 4.79 Å². The van der Waals surface area contributed by atoms with Gasteiger partial charge in [0, 0.05) is 5.75 Å². The summed E-state index contributed by atoms with van der Waals surface area (Å²) < 4.78 is 31.2. The fourth-order valence-corrected chi connectivity index (χ4v) is 1.97. The van der Waals surface area contributed by atoms with Crippen LogP contribution >= 0.6 is 11.8 Å². The number of carbonyl (C=O) groups excluding carboxylic acids is 1. The molecule has 0 aliphatic heterocycles. The van der Waals surface area contributed by atoms with Gasteiger partial charge in [0.1, 0.15) is 11.6 Å². The Kier molecular flexibility index (Phi) is 4.91. The highest BCUT2D eigenvalue weighted by molar-refractivity contribution is 7.99. The molecule has 0 saturated carbocycles. The molecule has 6 heteroatoms. The zero-order valence-electron chi connectivity index (χ0n) is 9.00. The molecule has 90 valence electrons. The molecule has 0 amide bonds. The molecule has 0 spiro atoms. The van der Waals surface area contributed by atoms with Gasteiger partial charge in [0.15, 0.2) is 0 Å². The first-order valence-corrected chi connectivity index (χ1v) is 5.65. The van der Waals surface area contributed by atoms with Crippen LogP contribution in [0.15, 0.2) is 17.0 Å². The Morgan fingerprint density at radius 1 is 1.47 bits per heavy atom. The third kappa shape index (κ3) is 3.71. The lowest BCUT2D eigenvalue weighted by atomic mass is 10.2. The molecule has 0 fully saturated rings. The summed E-state index contributed by atoms with van der Waals surface area (Å²) in [4.78, 5) is 10.6. The Labute approximate surface area is 101 Å². The number of ether oxygens (including phenoxy) is 1. The molecule has 1 rings (SSSR count). The molecule has 0 aliphatic carbocycles. The average Bonchev–Trinajstić information content (AvgIpc) is 2.31. The van der Waals surface area contributed by atoms with Crippen LogP contribution in [0.3, 0.4) is 0 Å². The molecule has 3 nitrogen and oxygen atoms in total. The molecule has 0 bridgehead atoms. The van der Waals surface area contributed by atoms with Crippen LogP contribution in [0.25, 0.3) is 0 Å². The Morgan fingerprint density at radius 2 is 2.06 bits per heavy atom. The topological polar surface area (TPSA) is 50.1 Å². The number of esters is 1. The fourth-order valence-electron chi connectivity index (χ4n) is 1.10. The van der Waals surface area contributed by atoms with Gasteiger partial charge in [-0.25, -0.2) is 8.78 Å². The predicted octanol–water partition coefficient (Wildman–Crippen LogP) is 2.49. The molecule has 0 aromatic heterocycles. The van der Waals surface area contributed by atoms with Crippen molar-refractivity contribution in [1.29, 1.82) is 5.26 Å². The van der Waals surface area contributed by atoms with Crippen LogP contribution in [-0.2, 0) is 9.53 Å². The van der Waals surface area contributed by atoms with Crippen molar-refractivity contribution in [3.63, 3.8) is 0 Å². The van der Waals surface area contributed by atoms with E-state index in [2.05, 4.69) is 4.74 Å². The summed E-state index contributed by atoms with van der Waals surface area (Å²) in [5, 5.41) is 8.51. The maximum atomic E-state index is 13.4. The molecule has 0 radical (unpaired) electrons. The van der Waals surface area contributed by atoms with Crippen LogP contribution in [0, 0.1) is 23.0 Å². The van der Waals surface area contributed by atoms with Crippen molar-refractivity contribution in [2.75, 3.05) is 12.9 Å². The van der Waals surface area contributed by atoms with Crippen LogP contribution in [-0.4, -0.2) is 18.8 Å². The SMILES string of the molecule is COC(=O)CCSc1c(F)cc(C#N)cc1F. The highest BCUT2D eigenvalue weighted by atomic mass is 32.2. The van der Waals surface area contributed by atoms with Gasteiger partial charge in [0.2, 0.25) is 0 Å². The molecule has 0 N–H and O–H groups in total. The highest BCUT2D eigenvalue weighted by Gasteiger charge is 2.12. The van der Waals surface area contributed by atoms with E-state index in [0.717, 1.165) is 23.9 Å². The maximum absolute atomic E-state index is 13.4. The fraction of sp³-hybridized carbons (Fsp3) is 0.273. The van der Waals surface area contributed by atoms with E-state index in [1.54, 1.807) is 6.07 Å². The third-order valence-corrected chi connectivity index (χ3v) is 2.99. The Morgan fingerprint density at radius 3 is 2.53 bits per heavy atom. The second-order valence-corrected chi connectivity index (χ2v) is 4.16. The molecule has 0 saturated heterocycles. The molecular formula is C11H9F2NO2S. The number of hydrogen-bond donors (Lipinski definition) is 0. The van der Waals surface area contributed by atoms with Gasteiger partial charge in [0.25, 0.3) is 0 Å². The number of nitrogens with zero attached hydrogens (tertiary/aromatic N) is 1. The summed E-state index contributed by atoms with van der Waals surface area (Å²) in [7, 11) is 1.25. The highest BCUT2D eigenvalue weighted by Crippen LogP contribution is 2.26. The van der Waals surface area contributed by atoms with Gasteiger partial charge < -0.3 is 4.74 Å². The number of halogens is 2. The monoisotopic (exact) mass is 257 g/mol. The Balaban J connectivity index is 2.72. The minimum atomic E-state index is -0.795. The van der Waals surface area contributed by atoms with E-state index < -0.39 is 17.6 Å². The van der Waals surface area contributed by atoms with Crippen molar-refractivity contribution in [2.45, 2.75) is 11.3 Å². The zero-order valence-corrected chi connectivity index (χ0v) is 9.81. The quantitative estimate of drug-likeness (QED) is 0.614. The summed E-state index contributed by atoms with van der Waals surface area (Å²) in [5.74, 6) is -1.81. The molecular weight excluding hydrogens is 248 g/mol. The summed E-state index contributed by atoms with van der Waals surface area (Å²) in [5.41, 5.74) is -0.0719. The van der Waals surface area contributed by atoms with Crippen LogP contribution in [0.5, 0.6) is 0 Å². The normalized spacial score (nSPS) is 9.76. The van der Waals surface area contributed by atoms with Crippen molar-refractivity contribution in [1.82, 2.24) is 0 Å². The van der Waals surface area contributed by atoms with E-state index in [1.807, 2.05) is 0 Å². The average molecular weight is 257 g/mol. The number of methoxy groups -OCH3 is 1. The lowest BCUT2D eigenvalue weighted by Crippen LogP contribution is -2.01. The molecule has 17 heavy (non-hydrogen) atoms. The third-order valence-electron chi connectivity index (χ3n) is 1.91. The van der Waals surface area contributed by atoms with Crippen LogP contribution < -0.4 is 0 Å². The van der Waals surface area contributed by atoms with Crippen molar-refractivity contribution < 1.29 is 18.3 Å². The van der Waals surface area contributed by atoms with Gasteiger partial charge in [-0.15, -0.1) is 11.8 Å². The second kappa shape index (κ2) is 6.21. The first-order chi connectivity index (χ1) is 8.08. The number of benzene rings is 1. The lowest BCUT2D eigenvalue weighted by molar-refractivity contribution is -0.140. The minimum Gasteiger partial charge on any atom is -0.469 e. The largest absolute Gasteiger partial charge is 0.469 e. The Hall–Kier alpha value is -1.61. The van der Waals surface area contributed by atoms with E-state index in [1.165, 1.54) is 7.11 Å². The van der Waals surface area contributed by atoms with E-state index in [4.69, 9.17) is 5.26 Å². The van der Waals surface area contributed by atoms with Gasteiger partial charge in [-0.1, -0.05) is 0 Å². The van der Waals surface area contributed by atoms with E-state index in [-0.39, 0.29) is 22.6 Å². The number of thioether (sulfide) groups is 1. The lowest BCUT2D eigenvalue weighted by Gasteiger charge is -2.04. The van der Waals surface area contributed by atoms with Gasteiger partial charge in [-0.05, 0) is 12.1 Å². The first-order valence-electron chi connectivity index (χ1n) is 4.67. The summed E-state index contributed by atoms with van der Waals surface area (Å²) in [6.45, 7) is 0. The molecule has 1 aromatic rings. The predicted molar refractivity (Wildman–Crippen MR) is 58.4 cm³/mol. The number of rotatable bonds is 4. The van der Waals surface area contributed by atoms with Crippen molar-refractivity contribution in [3.8, 4) is 6.07 Å². The maximum Gasteiger partial charge on any atom is 0.306 e. The molecule has 1 aromatic carbocycles. The summed E-state index contributed by atoms with van der Waals surface area (Å²) in [6, 6.07) is 3.58. The Bertz CT molecular complexity index is 448. The van der Waals surface area contributed by atoms with Gasteiger partial charge >= 0.3 is 5.97 Å². The van der Waals surface area contributed by atoms with Crippen LogP contribution in [0.4, 0.5) is 8.78 Å². The molecule has 0 aliphatic rings. The second-order valence-electron chi connectivity index (χ2n) is 3.06. The van der Waals surface area contributed by atoms with Crippen LogP contribution in [0.1, 0.15) is 12.0 Å². The van der Waals surface area contributed by atoms with Crippen LogP contribution in [0.2, 0.25) is 0 Å². The summed E-state index contributed by atoms with van der Waals surface area (Å²) >= 11 is 0.876. The molecule has 0 atom stereocenters. The summed E-state index contributed by atoms with van der Waals surface area (Å²) in [6.07, 6.45) is 0.0695. The molecule has 0 unspecified atom stereocenters. The van der Waals surface area contributed by atoms with E-state index in [9.17, 15) is 13.6 Å². The van der Waals surface area contributed by atoms with Gasteiger partial charge in [-0.2, -0.15) is 5.26 Å². The van der Waals surface area contributed by atoms with Crippen molar-refractivity contribution >= 4 is 17.7 Å². The van der Waals surface area contributed by atoms with Gasteiger partial charge in [0.05, 0.1) is 30.1 Å².